The molecule has 0 saturated heterocycles. The summed E-state index contributed by atoms with van der Waals surface area (Å²) in [5.41, 5.74) is -0.714. The Balaban J connectivity index is 2.54. The van der Waals surface area contributed by atoms with E-state index in [0.29, 0.717) is 12.8 Å². The molecule has 1 aromatic carbocycles. The number of aliphatic carboxylic acids is 1. The van der Waals surface area contributed by atoms with Crippen LogP contribution >= 0.6 is 0 Å². The van der Waals surface area contributed by atoms with Crippen molar-refractivity contribution >= 4 is 12.0 Å². The number of para-hydroxylation sites is 1. The number of carboxylic acid groups (broad SMARTS) is 1. The fourth-order valence-electron chi connectivity index (χ4n) is 2.12. The van der Waals surface area contributed by atoms with Gasteiger partial charge in [-0.05, 0) is 18.6 Å². The summed E-state index contributed by atoms with van der Waals surface area (Å²) in [5, 5.41) is 9.19. The fraction of sp³-hybridized carbons (Fsp3) is 0.400. The van der Waals surface area contributed by atoms with E-state index in [0.717, 1.165) is 6.08 Å². The molecule has 0 unspecified atom stereocenters. The molecule has 1 atom stereocenters. The van der Waals surface area contributed by atoms with E-state index in [1.165, 1.54) is 18.2 Å². The van der Waals surface area contributed by atoms with Crippen molar-refractivity contribution in [3.05, 3.63) is 35.4 Å². The van der Waals surface area contributed by atoms with Crippen LogP contribution in [0.1, 0.15) is 25.3 Å². The number of benzene rings is 1. The van der Waals surface area contributed by atoms with Gasteiger partial charge in [-0.3, -0.25) is 0 Å². The summed E-state index contributed by atoms with van der Waals surface area (Å²) in [7, 11) is 0. The molecule has 0 fully saturated rings. The second-order valence-corrected chi connectivity index (χ2v) is 4.82. The first-order valence-corrected chi connectivity index (χ1v) is 6.76. The highest BCUT2D eigenvalue weighted by Crippen LogP contribution is 2.46. The minimum absolute atomic E-state index is 0.0682. The summed E-state index contributed by atoms with van der Waals surface area (Å²) in [4.78, 5) is 11.3. The third-order valence-electron chi connectivity index (χ3n) is 3.23. The number of rotatable bonds is 5. The molecule has 7 heteroatoms. The summed E-state index contributed by atoms with van der Waals surface area (Å²) in [6, 6.07) is 5.90. The van der Waals surface area contributed by atoms with Crippen molar-refractivity contribution in [2.75, 3.05) is 6.61 Å². The Labute approximate surface area is 125 Å². The Morgan fingerprint density at radius 2 is 2.05 bits per heavy atom. The highest BCUT2D eigenvalue weighted by Gasteiger charge is 2.65. The van der Waals surface area contributed by atoms with E-state index in [1.54, 1.807) is 13.0 Å². The van der Waals surface area contributed by atoms with Crippen LogP contribution in [-0.2, 0) is 9.53 Å². The van der Waals surface area contributed by atoms with Gasteiger partial charge in [0.05, 0.1) is 6.61 Å². The van der Waals surface area contributed by atoms with Crippen molar-refractivity contribution in [3.63, 3.8) is 0 Å². The number of hydrogen-bond acceptors (Lipinski definition) is 3. The molecule has 0 spiro atoms. The molecule has 1 aromatic rings. The van der Waals surface area contributed by atoms with Gasteiger partial charge in [0.15, 0.2) is 0 Å². The molecule has 0 radical (unpaired) electrons. The van der Waals surface area contributed by atoms with Crippen LogP contribution in [-0.4, -0.2) is 29.6 Å². The first kappa shape index (κ1) is 16.4. The monoisotopic (exact) mass is 316 g/mol. The summed E-state index contributed by atoms with van der Waals surface area (Å²) < 4.78 is 50.6. The number of alkyl halides is 3. The Hall–Kier alpha value is -2.02. The van der Waals surface area contributed by atoms with E-state index >= 15 is 0 Å². The lowest BCUT2D eigenvalue weighted by Crippen LogP contribution is -2.57. The molecule has 0 aromatic heterocycles. The molecule has 0 aliphatic carbocycles. The molecule has 0 saturated carbocycles. The standard InChI is InChI=1S/C15H15F3O4/c1-2-3-8-21-14(15(16,17)18)11(13(19)20)9-10-6-4-5-7-12(10)22-14/h4-7,9H,2-3,8H2,1H3,(H,19,20)/t14-/m0/s1. The van der Waals surface area contributed by atoms with Crippen LogP contribution < -0.4 is 4.74 Å². The van der Waals surface area contributed by atoms with Gasteiger partial charge in [-0.1, -0.05) is 31.5 Å². The summed E-state index contributed by atoms with van der Waals surface area (Å²) >= 11 is 0. The van der Waals surface area contributed by atoms with Gasteiger partial charge in [-0.25, -0.2) is 4.79 Å². The largest absolute Gasteiger partial charge is 0.478 e. The third-order valence-corrected chi connectivity index (χ3v) is 3.23. The second kappa shape index (κ2) is 6.00. The van der Waals surface area contributed by atoms with Crippen LogP contribution in [0.2, 0.25) is 0 Å². The van der Waals surface area contributed by atoms with Crippen LogP contribution in [0.3, 0.4) is 0 Å². The molecular weight excluding hydrogens is 301 g/mol. The van der Waals surface area contributed by atoms with Crippen molar-refractivity contribution in [3.8, 4) is 5.75 Å². The molecular formula is C15H15F3O4. The molecule has 1 aliphatic heterocycles. The lowest BCUT2D eigenvalue weighted by atomic mass is 9.97. The maximum Gasteiger partial charge on any atom is 0.460 e. The SMILES string of the molecule is CCCCO[C@]1(C(F)(F)F)Oc2ccccc2C=C1C(=O)O. The maximum absolute atomic E-state index is 13.6. The molecule has 1 aliphatic rings. The molecule has 120 valence electrons. The number of fused-ring (bicyclic) bond motifs is 1. The second-order valence-electron chi connectivity index (χ2n) is 4.82. The average molecular weight is 316 g/mol. The lowest BCUT2D eigenvalue weighted by Gasteiger charge is -2.38. The number of halogens is 3. The van der Waals surface area contributed by atoms with E-state index in [2.05, 4.69) is 0 Å². The number of carbonyl (C=O) groups is 1. The zero-order valence-electron chi connectivity index (χ0n) is 11.8. The quantitative estimate of drug-likeness (QED) is 0.843. The van der Waals surface area contributed by atoms with Crippen molar-refractivity contribution in [1.82, 2.24) is 0 Å². The highest BCUT2D eigenvalue weighted by atomic mass is 19.4. The average Bonchev–Trinajstić information content (AvgIpc) is 2.45. The van der Waals surface area contributed by atoms with Crippen molar-refractivity contribution in [2.24, 2.45) is 0 Å². The molecule has 1 N–H and O–H groups in total. The molecule has 22 heavy (non-hydrogen) atoms. The van der Waals surface area contributed by atoms with Gasteiger partial charge >= 0.3 is 17.9 Å². The van der Waals surface area contributed by atoms with Crippen molar-refractivity contribution < 1.29 is 32.5 Å². The number of ether oxygens (including phenoxy) is 2. The normalized spacial score (nSPS) is 20.8. The van der Waals surface area contributed by atoms with Gasteiger partial charge < -0.3 is 14.6 Å². The zero-order valence-corrected chi connectivity index (χ0v) is 11.8. The molecule has 0 bridgehead atoms. The molecule has 0 amide bonds. The maximum atomic E-state index is 13.6. The van der Waals surface area contributed by atoms with Gasteiger partial charge in [0.2, 0.25) is 0 Å². The summed E-state index contributed by atoms with van der Waals surface area (Å²) in [6.07, 6.45) is -3.12. The van der Waals surface area contributed by atoms with Crippen LogP contribution in [0.15, 0.2) is 29.8 Å². The van der Waals surface area contributed by atoms with Gasteiger partial charge in [0.25, 0.3) is 0 Å². The number of unbranched alkanes of at least 4 members (excludes halogenated alkanes) is 1. The van der Waals surface area contributed by atoms with Crippen LogP contribution in [0.4, 0.5) is 13.2 Å². The van der Waals surface area contributed by atoms with E-state index in [1.807, 2.05) is 0 Å². The zero-order chi connectivity index (χ0) is 16.4. The summed E-state index contributed by atoms with van der Waals surface area (Å²) in [6.45, 7) is 1.53. The summed E-state index contributed by atoms with van der Waals surface area (Å²) in [5.74, 6) is -5.09. The van der Waals surface area contributed by atoms with E-state index in [-0.39, 0.29) is 17.9 Å². The Morgan fingerprint density at radius 3 is 2.64 bits per heavy atom. The molecule has 2 rings (SSSR count). The Bertz CT molecular complexity index is 595. The Morgan fingerprint density at radius 1 is 1.36 bits per heavy atom. The van der Waals surface area contributed by atoms with Gasteiger partial charge in [-0.15, -0.1) is 0 Å². The van der Waals surface area contributed by atoms with Gasteiger partial charge in [0, 0.05) is 5.56 Å². The minimum Gasteiger partial charge on any atom is -0.478 e. The van der Waals surface area contributed by atoms with Crippen LogP contribution in [0.5, 0.6) is 5.75 Å². The first-order chi connectivity index (χ1) is 10.3. The van der Waals surface area contributed by atoms with E-state index < -0.39 is 23.5 Å². The fourth-order valence-corrected chi connectivity index (χ4v) is 2.12. The van der Waals surface area contributed by atoms with Crippen LogP contribution in [0, 0.1) is 0 Å². The number of carboxylic acids is 1. The molecule has 1 heterocycles. The van der Waals surface area contributed by atoms with Gasteiger partial charge in [-0.2, -0.15) is 13.2 Å². The predicted octanol–water partition coefficient (Wildman–Crippen LogP) is 3.62. The van der Waals surface area contributed by atoms with Crippen LogP contribution in [0.25, 0.3) is 6.08 Å². The van der Waals surface area contributed by atoms with E-state index in [4.69, 9.17) is 9.47 Å². The Kier molecular flexibility index (Phi) is 4.46. The lowest BCUT2D eigenvalue weighted by molar-refractivity contribution is -0.334. The van der Waals surface area contributed by atoms with Crippen molar-refractivity contribution in [2.45, 2.75) is 31.7 Å². The highest BCUT2D eigenvalue weighted by molar-refractivity contribution is 5.95. The van der Waals surface area contributed by atoms with E-state index in [9.17, 15) is 23.1 Å². The third kappa shape index (κ3) is 2.81. The topological polar surface area (TPSA) is 55.8 Å². The molecule has 4 nitrogen and oxygen atoms in total. The minimum atomic E-state index is -5.03. The smallest absolute Gasteiger partial charge is 0.460 e. The number of hydrogen-bond donors (Lipinski definition) is 1. The van der Waals surface area contributed by atoms with Crippen molar-refractivity contribution in [1.29, 1.82) is 0 Å². The first-order valence-electron chi connectivity index (χ1n) is 6.76. The predicted molar refractivity (Wildman–Crippen MR) is 72.3 cm³/mol. The van der Waals surface area contributed by atoms with Gasteiger partial charge in [0.1, 0.15) is 11.3 Å².